The Hall–Kier alpha value is -2.66. The van der Waals surface area contributed by atoms with Gasteiger partial charge in [0.1, 0.15) is 24.0 Å². The van der Waals surface area contributed by atoms with E-state index in [1.165, 1.54) is 18.3 Å². The van der Waals surface area contributed by atoms with Gasteiger partial charge in [0.25, 0.3) is 12.3 Å². The summed E-state index contributed by atoms with van der Waals surface area (Å²) in [5, 5.41) is 12.2. The van der Waals surface area contributed by atoms with Crippen LogP contribution >= 0.6 is 15.9 Å². The van der Waals surface area contributed by atoms with E-state index in [1.807, 2.05) is 0 Å². The molecule has 0 aliphatic carbocycles. The molecule has 0 saturated heterocycles. The van der Waals surface area contributed by atoms with Crippen LogP contribution in [0.3, 0.4) is 0 Å². The number of carbonyl (C=O) groups excluding carboxylic acids is 1. The van der Waals surface area contributed by atoms with Crippen LogP contribution in [0.2, 0.25) is 0 Å². The predicted octanol–water partition coefficient (Wildman–Crippen LogP) is 2.79. The van der Waals surface area contributed by atoms with Crippen LogP contribution in [0.5, 0.6) is 5.75 Å². The van der Waals surface area contributed by atoms with E-state index in [-0.39, 0.29) is 23.8 Å². The number of pyridine rings is 1. The molecule has 7 nitrogen and oxygen atoms in total. The first-order valence-corrected chi connectivity index (χ1v) is 8.68. The number of aliphatic imine (C=N–C) groups is 1. The minimum atomic E-state index is -3.11. The first-order chi connectivity index (χ1) is 13.2. The second-order valence-electron chi connectivity index (χ2n) is 5.99. The molecule has 1 amide bonds. The van der Waals surface area contributed by atoms with Crippen LogP contribution in [0, 0.1) is 5.82 Å². The molecule has 1 aromatic carbocycles. The summed E-state index contributed by atoms with van der Waals surface area (Å²) < 4.78 is 47.5. The van der Waals surface area contributed by atoms with Gasteiger partial charge in [-0.2, -0.15) is 0 Å². The van der Waals surface area contributed by atoms with Gasteiger partial charge in [-0.05, 0) is 40.2 Å². The number of hydrogen-bond donors (Lipinski definition) is 3. The minimum Gasteiger partial charge on any atom is -0.505 e. The number of rotatable bonds is 4. The number of benzene rings is 1. The molecule has 2 heterocycles. The minimum absolute atomic E-state index is 0.00453. The highest BCUT2D eigenvalue weighted by molar-refractivity contribution is 9.10. The molecule has 148 valence electrons. The van der Waals surface area contributed by atoms with Crippen LogP contribution < -0.4 is 11.1 Å². The van der Waals surface area contributed by atoms with E-state index in [0.717, 1.165) is 12.1 Å². The van der Waals surface area contributed by atoms with E-state index in [2.05, 4.69) is 31.2 Å². The van der Waals surface area contributed by atoms with Gasteiger partial charge < -0.3 is 20.9 Å². The highest BCUT2D eigenvalue weighted by Crippen LogP contribution is 2.38. The van der Waals surface area contributed by atoms with Gasteiger partial charge >= 0.3 is 0 Å². The molecule has 11 heteroatoms. The summed E-state index contributed by atoms with van der Waals surface area (Å²) >= 11 is 3.10. The maximum absolute atomic E-state index is 14.4. The third kappa shape index (κ3) is 3.80. The lowest BCUT2D eigenvalue weighted by Crippen LogP contribution is -2.45. The summed E-state index contributed by atoms with van der Waals surface area (Å²) in [6.07, 6.45) is -1.81. The molecule has 0 saturated carbocycles. The van der Waals surface area contributed by atoms with Crippen LogP contribution in [0.15, 0.2) is 39.9 Å². The van der Waals surface area contributed by atoms with E-state index in [0.29, 0.717) is 4.47 Å². The average molecular weight is 459 g/mol. The summed E-state index contributed by atoms with van der Waals surface area (Å²) in [6, 6.07) is 4.40. The first-order valence-electron chi connectivity index (χ1n) is 7.89. The van der Waals surface area contributed by atoms with E-state index < -0.39 is 41.6 Å². The molecule has 1 atom stereocenters. The zero-order chi connectivity index (χ0) is 20.5. The molecule has 0 bridgehead atoms. The van der Waals surface area contributed by atoms with Crippen LogP contribution in [-0.4, -0.2) is 41.5 Å². The molecule has 0 radical (unpaired) electrons. The topological polar surface area (TPSA) is 110 Å². The molecule has 0 fully saturated rings. The van der Waals surface area contributed by atoms with Gasteiger partial charge in [0, 0.05) is 21.9 Å². The zero-order valence-corrected chi connectivity index (χ0v) is 15.7. The number of anilines is 1. The number of amidine groups is 1. The number of carbonyl (C=O) groups is 1. The molecule has 0 spiro atoms. The van der Waals surface area contributed by atoms with E-state index in [9.17, 15) is 23.1 Å². The quantitative estimate of drug-likeness (QED) is 0.652. The van der Waals surface area contributed by atoms with Crippen LogP contribution in [0.25, 0.3) is 0 Å². The van der Waals surface area contributed by atoms with Crippen LogP contribution in [0.4, 0.5) is 18.9 Å². The molecule has 1 aromatic heterocycles. The fourth-order valence-electron chi connectivity index (χ4n) is 2.73. The van der Waals surface area contributed by atoms with Gasteiger partial charge in [-0.3, -0.25) is 9.79 Å². The summed E-state index contributed by atoms with van der Waals surface area (Å²) in [4.78, 5) is 19.9. The second-order valence-corrected chi connectivity index (χ2v) is 6.91. The predicted molar refractivity (Wildman–Crippen MR) is 98.1 cm³/mol. The van der Waals surface area contributed by atoms with Crippen molar-refractivity contribution in [3.63, 3.8) is 0 Å². The van der Waals surface area contributed by atoms with Crippen molar-refractivity contribution in [2.24, 2.45) is 10.7 Å². The Kier molecular flexibility index (Phi) is 5.57. The second kappa shape index (κ2) is 7.76. The fraction of sp³-hybridized carbons (Fsp3) is 0.235. The number of aromatic nitrogens is 1. The smallest absolute Gasteiger partial charge is 0.278 e. The van der Waals surface area contributed by atoms with Crippen molar-refractivity contribution in [1.82, 2.24) is 4.98 Å². The largest absolute Gasteiger partial charge is 0.505 e. The third-order valence-corrected chi connectivity index (χ3v) is 4.45. The van der Waals surface area contributed by atoms with Gasteiger partial charge in [0.15, 0.2) is 11.2 Å². The third-order valence-electron chi connectivity index (χ3n) is 4.02. The lowest BCUT2D eigenvalue weighted by atomic mass is 9.90. The number of amides is 1. The Bertz CT molecular complexity index is 957. The summed E-state index contributed by atoms with van der Waals surface area (Å²) in [7, 11) is 0. The molecule has 2 aromatic rings. The number of alkyl halides is 2. The lowest BCUT2D eigenvalue weighted by molar-refractivity contribution is -0.0145. The summed E-state index contributed by atoms with van der Waals surface area (Å²) in [6.45, 7) is -0.713. The molecule has 3 rings (SSSR count). The van der Waals surface area contributed by atoms with E-state index in [4.69, 9.17) is 10.5 Å². The molecule has 1 aliphatic rings. The average Bonchev–Trinajstić information content (AvgIpc) is 2.62. The number of nitrogens with one attached hydrogen (secondary N) is 1. The van der Waals surface area contributed by atoms with Crippen molar-refractivity contribution in [2.75, 3.05) is 18.5 Å². The number of halogens is 4. The Morgan fingerprint density at radius 3 is 2.79 bits per heavy atom. The molecular formula is C17H14BrF3N4O3. The highest BCUT2D eigenvalue weighted by Gasteiger charge is 2.46. The highest BCUT2D eigenvalue weighted by atomic mass is 79.9. The number of ether oxygens (including phenoxy) is 1. The Morgan fingerprint density at radius 2 is 2.14 bits per heavy atom. The fourth-order valence-corrected chi connectivity index (χ4v) is 3.05. The van der Waals surface area contributed by atoms with Gasteiger partial charge in [-0.1, -0.05) is 0 Å². The molecule has 4 N–H and O–H groups in total. The lowest BCUT2D eigenvalue weighted by Gasteiger charge is -2.33. The molecule has 1 unspecified atom stereocenters. The van der Waals surface area contributed by atoms with Crippen LogP contribution in [0.1, 0.15) is 16.1 Å². The van der Waals surface area contributed by atoms with Gasteiger partial charge in [0.05, 0.1) is 6.61 Å². The SMILES string of the molecule is NC1=NC(c2cc(NC(=O)c3ncc(Br)cc3O)ccc2F)(C(F)F)COC1. The van der Waals surface area contributed by atoms with Gasteiger partial charge in [-0.25, -0.2) is 18.2 Å². The van der Waals surface area contributed by atoms with E-state index >= 15 is 0 Å². The van der Waals surface area contributed by atoms with Crippen molar-refractivity contribution in [2.45, 2.75) is 12.0 Å². The normalized spacial score (nSPS) is 19.4. The number of hydrogen-bond acceptors (Lipinski definition) is 6. The van der Waals surface area contributed by atoms with Crippen molar-refractivity contribution >= 4 is 33.4 Å². The molecule has 28 heavy (non-hydrogen) atoms. The maximum atomic E-state index is 14.4. The van der Waals surface area contributed by atoms with Crippen molar-refractivity contribution in [1.29, 1.82) is 0 Å². The van der Waals surface area contributed by atoms with Gasteiger partial charge in [-0.15, -0.1) is 0 Å². The Balaban J connectivity index is 1.97. The monoisotopic (exact) mass is 458 g/mol. The molecular weight excluding hydrogens is 445 g/mol. The van der Waals surface area contributed by atoms with Gasteiger partial charge in [0.2, 0.25) is 0 Å². The summed E-state index contributed by atoms with van der Waals surface area (Å²) in [5.41, 5.74) is 2.43. The standard InChI is InChI=1S/C17H14BrF3N4O3/c18-8-3-12(26)14(23-5-8)15(27)24-9-1-2-11(19)10(4-9)17(16(20)21)7-28-6-13(22)25-17/h1-5,16,26H,6-7H2,(H2,22,25)(H,24,27). The molecule has 1 aliphatic heterocycles. The van der Waals surface area contributed by atoms with E-state index in [1.54, 1.807) is 0 Å². The van der Waals surface area contributed by atoms with Crippen molar-refractivity contribution in [3.05, 3.63) is 52.0 Å². The first kappa shape index (κ1) is 20.1. The number of nitrogens with two attached hydrogens (primary N) is 1. The Morgan fingerprint density at radius 1 is 1.39 bits per heavy atom. The number of aromatic hydroxyl groups is 1. The number of nitrogens with zero attached hydrogens (tertiary/aromatic N) is 2. The Labute approximate surface area is 165 Å². The zero-order valence-electron chi connectivity index (χ0n) is 14.1. The van der Waals surface area contributed by atoms with Crippen LogP contribution in [-0.2, 0) is 10.3 Å². The van der Waals surface area contributed by atoms with Crippen molar-refractivity contribution < 1.29 is 27.8 Å². The van der Waals surface area contributed by atoms with Crippen molar-refractivity contribution in [3.8, 4) is 5.75 Å². The maximum Gasteiger partial charge on any atom is 0.278 e. The summed E-state index contributed by atoms with van der Waals surface area (Å²) in [5.74, 6) is -2.35.